The number of anilines is 1. The van der Waals surface area contributed by atoms with Crippen molar-refractivity contribution in [1.29, 1.82) is 0 Å². The molecule has 23 heavy (non-hydrogen) atoms. The van der Waals surface area contributed by atoms with Gasteiger partial charge in [0, 0.05) is 29.8 Å². The summed E-state index contributed by atoms with van der Waals surface area (Å²) in [6.45, 7) is 1.12. The van der Waals surface area contributed by atoms with Gasteiger partial charge in [-0.05, 0) is 36.7 Å². The monoisotopic (exact) mass is 307 g/mol. The van der Waals surface area contributed by atoms with E-state index in [1.54, 1.807) is 11.9 Å². The highest BCUT2D eigenvalue weighted by atomic mass is 16.2. The fourth-order valence-electron chi connectivity index (χ4n) is 2.67. The van der Waals surface area contributed by atoms with Crippen molar-refractivity contribution >= 4 is 22.5 Å². The average Bonchev–Trinajstić information content (AvgIpc) is 3.02. The van der Waals surface area contributed by atoms with Crippen LogP contribution in [0.1, 0.15) is 5.56 Å². The Kier molecular flexibility index (Phi) is 4.74. The normalized spacial score (nSPS) is 10.8. The zero-order valence-corrected chi connectivity index (χ0v) is 13.3. The highest BCUT2D eigenvalue weighted by molar-refractivity contribution is 5.94. The van der Waals surface area contributed by atoms with Gasteiger partial charge >= 0.3 is 0 Å². The Hall–Kier alpha value is -2.59. The van der Waals surface area contributed by atoms with Gasteiger partial charge in [0.2, 0.25) is 5.91 Å². The number of H-pyrrole nitrogens is 1. The van der Waals surface area contributed by atoms with Crippen LogP contribution < -0.4 is 10.2 Å². The van der Waals surface area contributed by atoms with Gasteiger partial charge in [0.25, 0.3) is 0 Å². The van der Waals surface area contributed by atoms with Gasteiger partial charge in [0.1, 0.15) is 0 Å². The van der Waals surface area contributed by atoms with Crippen LogP contribution in [-0.2, 0) is 11.2 Å². The predicted octanol–water partition coefficient (Wildman–Crippen LogP) is 2.96. The molecular formula is C19H21N3O. The van der Waals surface area contributed by atoms with Crippen LogP contribution in [0.5, 0.6) is 0 Å². The third-order valence-corrected chi connectivity index (χ3v) is 4.04. The Bertz CT molecular complexity index is 779. The molecule has 0 aliphatic heterocycles. The molecule has 4 nitrogen and oxygen atoms in total. The van der Waals surface area contributed by atoms with Crippen LogP contribution in [0, 0.1) is 0 Å². The smallest absolute Gasteiger partial charge is 0.240 e. The van der Waals surface area contributed by atoms with Gasteiger partial charge in [-0.15, -0.1) is 0 Å². The molecule has 0 saturated carbocycles. The van der Waals surface area contributed by atoms with Gasteiger partial charge in [-0.2, -0.15) is 0 Å². The molecule has 0 bridgehead atoms. The van der Waals surface area contributed by atoms with Crippen molar-refractivity contribution in [2.45, 2.75) is 6.42 Å². The molecule has 0 aliphatic rings. The maximum absolute atomic E-state index is 12.2. The fourth-order valence-corrected chi connectivity index (χ4v) is 2.67. The van der Waals surface area contributed by atoms with Crippen LogP contribution in [0.25, 0.3) is 10.9 Å². The Morgan fingerprint density at radius 2 is 1.83 bits per heavy atom. The molecule has 0 spiro atoms. The Labute approximate surface area is 136 Å². The molecular weight excluding hydrogens is 286 g/mol. The van der Waals surface area contributed by atoms with E-state index in [9.17, 15) is 4.79 Å². The van der Waals surface area contributed by atoms with E-state index in [-0.39, 0.29) is 5.91 Å². The molecule has 118 valence electrons. The number of aromatic amines is 1. The third-order valence-electron chi connectivity index (χ3n) is 4.04. The second-order valence-electron chi connectivity index (χ2n) is 5.57. The number of amides is 1. The number of aromatic nitrogens is 1. The molecule has 3 rings (SSSR count). The van der Waals surface area contributed by atoms with Crippen molar-refractivity contribution in [3.05, 3.63) is 66.4 Å². The summed E-state index contributed by atoms with van der Waals surface area (Å²) in [7, 11) is 1.80. The van der Waals surface area contributed by atoms with E-state index < -0.39 is 0 Å². The van der Waals surface area contributed by atoms with Crippen molar-refractivity contribution in [2.75, 3.05) is 25.0 Å². The van der Waals surface area contributed by atoms with Gasteiger partial charge in [0.15, 0.2) is 0 Å². The van der Waals surface area contributed by atoms with Gasteiger partial charge in [-0.3, -0.25) is 4.79 Å². The first-order chi connectivity index (χ1) is 11.3. The lowest BCUT2D eigenvalue weighted by atomic mass is 10.1. The van der Waals surface area contributed by atoms with Gasteiger partial charge in [0.05, 0.1) is 6.54 Å². The second kappa shape index (κ2) is 7.11. The van der Waals surface area contributed by atoms with E-state index in [4.69, 9.17) is 0 Å². The molecule has 2 aromatic carbocycles. The number of nitrogens with one attached hydrogen (secondary N) is 2. The number of nitrogens with zero attached hydrogens (tertiary/aromatic N) is 1. The van der Waals surface area contributed by atoms with Gasteiger partial charge in [-0.25, -0.2) is 0 Å². The molecule has 4 heteroatoms. The maximum atomic E-state index is 12.2. The van der Waals surface area contributed by atoms with E-state index in [1.807, 2.05) is 48.7 Å². The maximum Gasteiger partial charge on any atom is 0.240 e. The lowest BCUT2D eigenvalue weighted by Gasteiger charge is -2.17. The summed E-state index contributed by atoms with van der Waals surface area (Å²) in [5, 5.41) is 4.49. The summed E-state index contributed by atoms with van der Waals surface area (Å²) in [5.74, 6) is 0.0649. The van der Waals surface area contributed by atoms with E-state index in [0.717, 1.165) is 24.2 Å². The molecule has 0 atom stereocenters. The van der Waals surface area contributed by atoms with Gasteiger partial charge < -0.3 is 15.2 Å². The highest BCUT2D eigenvalue weighted by Crippen LogP contribution is 2.17. The van der Waals surface area contributed by atoms with Crippen molar-refractivity contribution < 1.29 is 4.79 Å². The minimum Gasteiger partial charge on any atom is -0.361 e. The van der Waals surface area contributed by atoms with Crippen molar-refractivity contribution in [1.82, 2.24) is 10.3 Å². The lowest BCUT2D eigenvalue weighted by Crippen LogP contribution is -2.36. The molecule has 1 heterocycles. The zero-order chi connectivity index (χ0) is 16.1. The van der Waals surface area contributed by atoms with Crippen LogP contribution in [-0.4, -0.2) is 31.0 Å². The lowest BCUT2D eigenvalue weighted by molar-refractivity contribution is -0.117. The quantitative estimate of drug-likeness (QED) is 0.688. The van der Waals surface area contributed by atoms with E-state index in [2.05, 4.69) is 22.4 Å². The first-order valence-corrected chi connectivity index (χ1v) is 7.83. The fraction of sp³-hybridized carbons (Fsp3) is 0.211. The largest absolute Gasteiger partial charge is 0.361 e. The highest BCUT2D eigenvalue weighted by Gasteiger charge is 2.10. The van der Waals surface area contributed by atoms with Crippen molar-refractivity contribution in [3.8, 4) is 0 Å². The minimum atomic E-state index is 0.0649. The molecule has 3 aromatic rings. The molecule has 1 amide bonds. The number of likely N-dealkylation sites (N-methyl/N-ethyl adjacent to an activating group) is 1. The van der Waals surface area contributed by atoms with E-state index >= 15 is 0 Å². The molecule has 0 unspecified atom stereocenters. The number of para-hydroxylation sites is 2. The number of carbonyl (C=O) groups is 1. The molecule has 0 fully saturated rings. The van der Waals surface area contributed by atoms with Gasteiger partial charge in [-0.1, -0.05) is 36.4 Å². The summed E-state index contributed by atoms with van der Waals surface area (Å²) >= 11 is 0. The van der Waals surface area contributed by atoms with Crippen LogP contribution in [0.4, 0.5) is 5.69 Å². The first-order valence-electron chi connectivity index (χ1n) is 7.83. The van der Waals surface area contributed by atoms with E-state index in [0.29, 0.717) is 6.54 Å². The van der Waals surface area contributed by atoms with Crippen molar-refractivity contribution in [2.24, 2.45) is 0 Å². The van der Waals surface area contributed by atoms with Crippen LogP contribution >= 0.6 is 0 Å². The number of fused-ring (bicyclic) bond motifs is 1. The topological polar surface area (TPSA) is 48.1 Å². The average molecular weight is 307 g/mol. The summed E-state index contributed by atoms with van der Waals surface area (Å²) in [6, 6.07) is 18.0. The Morgan fingerprint density at radius 3 is 2.65 bits per heavy atom. The summed E-state index contributed by atoms with van der Waals surface area (Å²) in [5.41, 5.74) is 3.34. The van der Waals surface area contributed by atoms with Crippen LogP contribution in [0.15, 0.2) is 60.8 Å². The summed E-state index contributed by atoms with van der Waals surface area (Å²) in [6.07, 6.45) is 2.94. The molecule has 0 aliphatic carbocycles. The molecule has 0 radical (unpaired) electrons. The number of hydrogen-bond donors (Lipinski definition) is 2. The summed E-state index contributed by atoms with van der Waals surface area (Å²) < 4.78 is 0. The predicted molar refractivity (Wildman–Crippen MR) is 94.7 cm³/mol. The first kappa shape index (κ1) is 15.3. The molecule has 0 saturated heterocycles. The van der Waals surface area contributed by atoms with E-state index in [1.165, 1.54) is 10.9 Å². The minimum absolute atomic E-state index is 0.0649. The standard InChI is InChI=1S/C19H21N3O/c1-22(16-7-3-2-4-8-16)19(23)14-20-12-11-15-13-21-18-10-6-5-9-17(15)18/h2-10,13,20-21H,11-12,14H2,1H3. The summed E-state index contributed by atoms with van der Waals surface area (Å²) in [4.78, 5) is 17.1. The Morgan fingerprint density at radius 1 is 1.09 bits per heavy atom. The zero-order valence-electron chi connectivity index (χ0n) is 13.3. The van der Waals surface area contributed by atoms with Crippen LogP contribution in [0.2, 0.25) is 0 Å². The second-order valence-corrected chi connectivity index (χ2v) is 5.57. The molecule has 2 N–H and O–H groups in total. The molecule has 1 aromatic heterocycles. The van der Waals surface area contributed by atoms with Crippen LogP contribution in [0.3, 0.4) is 0 Å². The number of carbonyl (C=O) groups excluding carboxylic acids is 1. The number of hydrogen-bond acceptors (Lipinski definition) is 2. The number of benzene rings is 2. The van der Waals surface area contributed by atoms with Crippen molar-refractivity contribution in [3.63, 3.8) is 0 Å². The third kappa shape index (κ3) is 3.60. The Balaban J connectivity index is 1.49. The SMILES string of the molecule is CN(C(=O)CNCCc1c[nH]c2ccccc12)c1ccccc1. The number of rotatable bonds is 6.